The van der Waals surface area contributed by atoms with Crippen LogP contribution in [0.25, 0.3) is 0 Å². The summed E-state index contributed by atoms with van der Waals surface area (Å²) in [4.78, 5) is 33.6. The minimum absolute atomic E-state index is 0.183. The van der Waals surface area contributed by atoms with E-state index in [1.807, 2.05) is 0 Å². The van der Waals surface area contributed by atoms with E-state index in [2.05, 4.69) is 18.3 Å². The Kier molecular flexibility index (Phi) is 3.24. The highest BCUT2D eigenvalue weighted by Crippen LogP contribution is 2.06. The van der Waals surface area contributed by atoms with Crippen LogP contribution in [0.1, 0.15) is 21.1 Å². The predicted octanol–water partition coefficient (Wildman–Crippen LogP) is 2.01. The lowest BCUT2D eigenvalue weighted by atomic mass is 10.5. The molecule has 0 atom stereocenters. The predicted molar refractivity (Wildman–Crippen MR) is 53.6 cm³/mol. The van der Waals surface area contributed by atoms with E-state index in [4.69, 9.17) is 0 Å². The van der Waals surface area contributed by atoms with Gasteiger partial charge in [0.05, 0.1) is 12.5 Å². The molecule has 2 aromatic heterocycles. The number of hydrogen-bond acceptors (Lipinski definition) is 7. The summed E-state index contributed by atoms with van der Waals surface area (Å²) in [5.41, 5.74) is 0. The fourth-order valence-electron chi connectivity index (χ4n) is 1.06. The fourth-order valence-corrected chi connectivity index (χ4v) is 1.06. The summed E-state index contributed by atoms with van der Waals surface area (Å²) < 4.78 is 17.8. The first-order valence-corrected chi connectivity index (χ1v) is 4.72. The second-order valence-corrected chi connectivity index (χ2v) is 2.98. The Morgan fingerprint density at radius 1 is 0.833 bits per heavy atom. The van der Waals surface area contributed by atoms with Crippen LogP contribution in [0, 0.1) is 0 Å². The Labute approximate surface area is 99.9 Å². The van der Waals surface area contributed by atoms with E-state index < -0.39 is 18.1 Å². The van der Waals surface area contributed by atoms with Gasteiger partial charge in [-0.05, 0) is 24.3 Å². The fraction of sp³-hybridized carbons (Fsp3) is 0. The normalized spacial score (nSPS) is 9.78. The van der Waals surface area contributed by atoms with Gasteiger partial charge in [0.2, 0.25) is 11.5 Å². The summed E-state index contributed by atoms with van der Waals surface area (Å²) in [6, 6.07) is 5.47. The molecule has 0 fully saturated rings. The van der Waals surface area contributed by atoms with E-state index in [1.165, 1.54) is 36.8 Å². The molecule has 2 heterocycles. The van der Waals surface area contributed by atoms with E-state index in [-0.39, 0.29) is 11.5 Å². The molecule has 92 valence electrons. The zero-order valence-corrected chi connectivity index (χ0v) is 8.82. The molecule has 18 heavy (non-hydrogen) atoms. The summed E-state index contributed by atoms with van der Waals surface area (Å²) in [6.45, 7) is 0. The van der Waals surface area contributed by atoms with E-state index in [9.17, 15) is 14.4 Å². The minimum atomic E-state index is -1.46. The molecular formula is C11H6O7. The van der Waals surface area contributed by atoms with Gasteiger partial charge in [-0.3, -0.25) is 0 Å². The Balaban J connectivity index is 1.90. The van der Waals surface area contributed by atoms with Gasteiger partial charge in [-0.25, -0.2) is 14.4 Å². The summed E-state index contributed by atoms with van der Waals surface area (Å²) in [6.07, 6.45) is 1.00. The third kappa shape index (κ3) is 2.64. The first-order valence-electron chi connectivity index (χ1n) is 4.72. The van der Waals surface area contributed by atoms with Gasteiger partial charge in [0.25, 0.3) is 0 Å². The second kappa shape index (κ2) is 5.00. The van der Waals surface area contributed by atoms with Crippen molar-refractivity contribution in [3.63, 3.8) is 0 Å². The van der Waals surface area contributed by atoms with Crippen LogP contribution in [0.3, 0.4) is 0 Å². The highest BCUT2D eigenvalue weighted by atomic mass is 16.8. The number of esters is 2. The maximum atomic E-state index is 11.2. The highest BCUT2D eigenvalue weighted by molar-refractivity contribution is 5.98. The molecule has 0 aliphatic heterocycles. The summed E-state index contributed by atoms with van der Waals surface area (Å²) in [7, 11) is 0. The van der Waals surface area contributed by atoms with Crippen LogP contribution < -0.4 is 0 Å². The van der Waals surface area contributed by atoms with E-state index in [1.54, 1.807) is 0 Å². The van der Waals surface area contributed by atoms with Crippen molar-refractivity contribution in [3.05, 3.63) is 48.3 Å². The van der Waals surface area contributed by atoms with Gasteiger partial charge in [-0.2, -0.15) is 0 Å². The molecule has 0 aromatic carbocycles. The molecule has 2 aromatic rings. The van der Waals surface area contributed by atoms with Crippen molar-refractivity contribution in [2.75, 3.05) is 0 Å². The van der Waals surface area contributed by atoms with Gasteiger partial charge in [0.1, 0.15) is 0 Å². The van der Waals surface area contributed by atoms with Crippen molar-refractivity contribution in [1.29, 1.82) is 0 Å². The number of carbonyl (C=O) groups excluding carboxylic acids is 3. The van der Waals surface area contributed by atoms with E-state index >= 15 is 0 Å². The molecule has 0 saturated carbocycles. The number of furan rings is 2. The molecule has 0 radical (unpaired) electrons. The van der Waals surface area contributed by atoms with Gasteiger partial charge in [0.15, 0.2) is 0 Å². The van der Waals surface area contributed by atoms with Crippen molar-refractivity contribution in [1.82, 2.24) is 0 Å². The van der Waals surface area contributed by atoms with Crippen LogP contribution in [0.5, 0.6) is 0 Å². The molecule has 7 heteroatoms. The van der Waals surface area contributed by atoms with Crippen molar-refractivity contribution in [2.45, 2.75) is 0 Å². The molecule has 0 spiro atoms. The summed E-state index contributed by atoms with van der Waals surface area (Å²) in [5.74, 6) is -2.48. The van der Waals surface area contributed by atoms with Crippen LogP contribution in [-0.4, -0.2) is 18.1 Å². The van der Waals surface area contributed by atoms with Gasteiger partial charge >= 0.3 is 18.1 Å². The van der Waals surface area contributed by atoms with Gasteiger partial charge < -0.3 is 18.3 Å². The average molecular weight is 250 g/mol. The Morgan fingerprint density at radius 3 is 1.61 bits per heavy atom. The number of ether oxygens (including phenoxy) is 2. The van der Waals surface area contributed by atoms with Crippen molar-refractivity contribution in [2.24, 2.45) is 0 Å². The lowest BCUT2D eigenvalue weighted by Crippen LogP contribution is -2.17. The van der Waals surface area contributed by atoms with Crippen LogP contribution in [0.4, 0.5) is 4.79 Å². The average Bonchev–Trinajstić information content (AvgIpc) is 3.02. The number of carbonyl (C=O) groups is 3. The maximum Gasteiger partial charge on any atom is 0.524 e. The first-order chi connectivity index (χ1) is 8.66. The topological polar surface area (TPSA) is 96.0 Å². The molecule has 0 aliphatic rings. The van der Waals surface area contributed by atoms with Gasteiger partial charge in [-0.15, -0.1) is 0 Å². The lowest BCUT2D eigenvalue weighted by molar-refractivity contribution is 0.0302. The second-order valence-electron chi connectivity index (χ2n) is 2.98. The van der Waals surface area contributed by atoms with Crippen molar-refractivity contribution < 1.29 is 32.7 Å². The quantitative estimate of drug-likeness (QED) is 0.594. The van der Waals surface area contributed by atoms with E-state index in [0.29, 0.717) is 0 Å². The molecular weight excluding hydrogens is 244 g/mol. The molecule has 0 aliphatic carbocycles. The summed E-state index contributed by atoms with van der Waals surface area (Å²) >= 11 is 0. The standard InChI is InChI=1S/C11H6O7/c12-9(7-3-1-5-15-7)17-11(14)18-10(13)8-4-2-6-16-8/h1-6H. The van der Waals surface area contributed by atoms with Crippen LogP contribution in [0.15, 0.2) is 45.6 Å². The smallest absolute Gasteiger partial charge is 0.457 e. The summed E-state index contributed by atoms with van der Waals surface area (Å²) in [5, 5.41) is 0. The minimum Gasteiger partial charge on any atom is -0.457 e. The van der Waals surface area contributed by atoms with Crippen LogP contribution >= 0.6 is 0 Å². The molecule has 0 amide bonds. The van der Waals surface area contributed by atoms with Gasteiger partial charge in [0, 0.05) is 0 Å². The third-order valence-electron chi connectivity index (χ3n) is 1.80. The van der Waals surface area contributed by atoms with Crippen molar-refractivity contribution >= 4 is 18.1 Å². The van der Waals surface area contributed by atoms with Gasteiger partial charge in [-0.1, -0.05) is 0 Å². The highest BCUT2D eigenvalue weighted by Gasteiger charge is 2.21. The molecule has 7 nitrogen and oxygen atoms in total. The van der Waals surface area contributed by atoms with E-state index in [0.717, 1.165) is 0 Å². The Bertz CT molecular complexity index is 500. The first kappa shape index (κ1) is 11.6. The van der Waals surface area contributed by atoms with Crippen molar-refractivity contribution in [3.8, 4) is 0 Å². The largest absolute Gasteiger partial charge is 0.524 e. The maximum absolute atomic E-state index is 11.2. The number of rotatable bonds is 2. The lowest BCUT2D eigenvalue weighted by Gasteiger charge is -1.99. The Hall–Kier alpha value is -2.83. The SMILES string of the molecule is O=C(OC(=O)c1ccco1)OC(=O)c1ccco1. The third-order valence-corrected chi connectivity index (χ3v) is 1.80. The monoisotopic (exact) mass is 250 g/mol. The molecule has 2 rings (SSSR count). The molecule has 0 saturated heterocycles. The van der Waals surface area contributed by atoms with Crippen LogP contribution in [-0.2, 0) is 9.47 Å². The number of hydrogen-bond donors (Lipinski definition) is 0. The zero-order valence-electron chi connectivity index (χ0n) is 8.82. The Morgan fingerprint density at radius 2 is 1.28 bits per heavy atom. The van der Waals surface area contributed by atoms with Crippen LogP contribution in [0.2, 0.25) is 0 Å². The zero-order chi connectivity index (χ0) is 13.0. The molecule has 0 bridgehead atoms. The molecule has 0 N–H and O–H groups in total. The molecule has 0 unspecified atom stereocenters.